The largest absolute Gasteiger partial charge is 0.489 e. The van der Waals surface area contributed by atoms with E-state index in [1.807, 2.05) is 29.9 Å². The van der Waals surface area contributed by atoms with Gasteiger partial charge in [-0.25, -0.2) is 4.39 Å². The zero-order valence-corrected chi connectivity index (χ0v) is 11.7. The summed E-state index contributed by atoms with van der Waals surface area (Å²) < 4.78 is 21.1. The predicted molar refractivity (Wildman–Crippen MR) is 78.7 cm³/mol. The van der Waals surface area contributed by atoms with Crippen LogP contribution < -0.4 is 4.74 Å². The van der Waals surface area contributed by atoms with Gasteiger partial charge >= 0.3 is 0 Å². The highest BCUT2D eigenvalue weighted by Gasteiger charge is 2.08. The molecule has 0 atom stereocenters. The molecule has 2 nitrogen and oxygen atoms in total. The Labute approximate surface area is 121 Å². The van der Waals surface area contributed by atoms with Gasteiger partial charge in [-0.1, -0.05) is 11.6 Å². The molecular weight excluding hydrogens is 277 g/mol. The Kier molecular flexibility index (Phi) is 3.36. The van der Waals surface area contributed by atoms with Crippen LogP contribution in [0, 0.1) is 5.82 Å². The molecule has 0 amide bonds. The zero-order chi connectivity index (χ0) is 14.1. The molecule has 0 radical (unpaired) electrons. The van der Waals surface area contributed by atoms with Crippen molar-refractivity contribution in [1.29, 1.82) is 0 Å². The van der Waals surface area contributed by atoms with Crippen LogP contribution in [0.5, 0.6) is 5.75 Å². The highest BCUT2D eigenvalue weighted by Crippen LogP contribution is 2.24. The molecule has 1 aromatic heterocycles. The van der Waals surface area contributed by atoms with Gasteiger partial charge < -0.3 is 9.30 Å². The number of rotatable bonds is 3. The van der Waals surface area contributed by atoms with Crippen LogP contribution >= 0.6 is 11.6 Å². The maximum atomic E-state index is 13.4. The first-order valence-electron chi connectivity index (χ1n) is 6.25. The topological polar surface area (TPSA) is 14.2 Å². The first kappa shape index (κ1) is 13.0. The summed E-state index contributed by atoms with van der Waals surface area (Å²) in [5.74, 6) is 0.499. The lowest BCUT2D eigenvalue weighted by Crippen LogP contribution is -1.94. The van der Waals surface area contributed by atoms with Crippen molar-refractivity contribution in [1.82, 2.24) is 4.57 Å². The third-order valence-electron chi connectivity index (χ3n) is 3.24. The van der Waals surface area contributed by atoms with Crippen LogP contribution in [0.4, 0.5) is 4.39 Å². The molecular formula is C16H13ClFNO. The van der Waals surface area contributed by atoms with Crippen LogP contribution in [0.2, 0.25) is 5.02 Å². The van der Waals surface area contributed by atoms with Gasteiger partial charge in [0.1, 0.15) is 18.2 Å². The second-order valence-corrected chi connectivity index (χ2v) is 5.11. The number of hydrogen-bond donors (Lipinski definition) is 0. The number of halogens is 2. The Hall–Kier alpha value is -2.00. The molecule has 0 N–H and O–H groups in total. The van der Waals surface area contributed by atoms with Gasteiger partial charge in [0, 0.05) is 34.7 Å². The molecule has 0 unspecified atom stereocenters. The average molecular weight is 290 g/mol. The number of fused-ring (bicyclic) bond motifs is 1. The molecule has 4 heteroatoms. The van der Waals surface area contributed by atoms with E-state index in [-0.39, 0.29) is 5.82 Å². The van der Waals surface area contributed by atoms with E-state index >= 15 is 0 Å². The van der Waals surface area contributed by atoms with Crippen molar-refractivity contribution in [3.05, 3.63) is 65.1 Å². The fourth-order valence-corrected chi connectivity index (χ4v) is 2.38. The number of hydrogen-bond acceptors (Lipinski definition) is 1. The summed E-state index contributed by atoms with van der Waals surface area (Å²) in [6.07, 6.45) is 1.96. The summed E-state index contributed by atoms with van der Waals surface area (Å²) in [5.41, 5.74) is 1.94. The monoisotopic (exact) mass is 289 g/mol. The van der Waals surface area contributed by atoms with E-state index in [9.17, 15) is 4.39 Å². The van der Waals surface area contributed by atoms with E-state index in [0.717, 1.165) is 22.2 Å². The number of aromatic nitrogens is 1. The van der Waals surface area contributed by atoms with Gasteiger partial charge in [-0.05, 0) is 42.5 Å². The van der Waals surface area contributed by atoms with Crippen molar-refractivity contribution in [3.8, 4) is 5.75 Å². The van der Waals surface area contributed by atoms with Crippen LogP contribution in [0.15, 0.2) is 48.7 Å². The van der Waals surface area contributed by atoms with Crippen LogP contribution in [0.3, 0.4) is 0 Å². The summed E-state index contributed by atoms with van der Waals surface area (Å²) in [5, 5.41) is 1.55. The van der Waals surface area contributed by atoms with Gasteiger partial charge in [-0.2, -0.15) is 0 Å². The maximum Gasteiger partial charge on any atom is 0.123 e. The number of aryl methyl sites for hydroxylation is 1. The normalized spacial score (nSPS) is 10.9. The minimum Gasteiger partial charge on any atom is -0.489 e. The Morgan fingerprint density at radius 2 is 1.90 bits per heavy atom. The molecule has 0 saturated carbocycles. The van der Waals surface area contributed by atoms with Crippen molar-refractivity contribution in [2.24, 2.45) is 7.05 Å². The van der Waals surface area contributed by atoms with Crippen LogP contribution in [-0.2, 0) is 13.7 Å². The summed E-state index contributed by atoms with van der Waals surface area (Å²) in [7, 11) is 1.94. The molecule has 3 rings (SSSR count). The van der Waals surface area contributed by atoms with Crippen LogP contribution in [0.1, 0.15) is 5.56 Å². The van der Waals surface area contributed by atoms with Crippen molar-refractivity contribution >= 4 is 22.5 Å². The molecule has 0 saturated heterocycles. The quantitative estimate of drug-likeness (QED) is 0.690. The lowest BCUT2D eigenvalue weighted by molar-refractivity contribution is 0.307. The molecule has 3 aromatic rings. The minimum atomic E-state index is -0.239. The van der Waals surface area contributed by atoms with Crippen LogP contribution in [0.25, 0.3) is 10.9 Å². The van der Waals surface area contributed by atoms with Gasteiger partial charge in [0.2, 0.25) is 0 Å². The Balaban J connectivity index is 1.87. The van der Waals surface area contributed by atoms with Crippen molar-refractivity contribution in [2.45, 2.75) is 6.61 Å². The SMILES string of the molecule is Cn1cc(COc2ccc(Cl)cc2)c2cc(F)ccc21. The second kappa shape index (κ2) is 5.17. The molecule has 0 aliphatic heterocycles. The highest BCUT2D eigenvalue weighted by atomic mass is 35.5. The number of nitrogens with zero attached hydrogens (tertiary/aromatic N) is 1. The minimum absolute atomic E-state index is 0.239. The predicted octanol–water partition coefficient (Wildman–Crippen LogP) is 4.55. The third-order valence-corrected chi connectivity index (χ3v) is 3.49. The summed E-state index contributed by atoms with van der Waals surface area (Å²) in [6.45, 7) is 0.391. The van der Waals surface area contributed by atoms with Crippen molar-refractivity contribution in [2.75, 3.05) is 0 Å². The summed E-state index contributed by atoms with van der Waals surface area (Å²) >= 11 is 5.83. The average Bonchev–Trinajstić information content (AvgIpc) is 2.74. The number of ether oxygens (including phenoxy) is 1. The lowest BCUT2D eigenvalue weighted by atomic mass is 10.2. The van der Waals surface area contributed by atoms with Gasteiger partial charge in [0.15, 0.2) is 0 Å². The Morgan fingerprint density at radius 1 is 1.15 bits per heavy atom. The third kappa shape index (κ3) is 2.49. The molecule has 0 aliphatic carbocycles. The van der Waals surface area contributed by atoms with Crippen molar-refractivity contribution < 1.29 is 9.13 Å². The zero-order valence-electron chi connectivity index (χ0n) is 10.9. The van der Waals surface area contributed by atoms with E-state index in [1.54, 1.807) is 18.2 Å². The van der Waals surface area contributed by atoms with E-state index in [0.29, 0.717) is 11.6 Å². The first-order chi connectivity index (χ1) is 9.63. The Morgan fingerprint density at radius 3 is 2.65 bits per heavy atom. The number of benzene rings is 2. The molecule has 0 bridgehead atoms. The highest BCUT2D eigenvalue weighted by molar-refractivity contribution is 6.30. The van der Waals surface area contributed by atoms with Gasteiger partial charge in [-0.3, -0.25) is 0 Å². The molecule has 102 valence electrons. The van der Waals surface area contributed by atoms with Gasteiger partial charge in [0.25, 0.3) is 0 Å². The van der Waals surface area contributed by atoms with E-state index in [1.165, 1.54) is 12.1 Å². The molecule has 0 aliphatic rings. The fourth-order valence-electron chi connectivity index (χ4n) is 2.25. The summed E-state index contributed by atoms with van der Waals surface area (Å²) in [6, 6.07) is 12.0. The standard InChI is InChI=1S/C16H13ClFNO/c1-19-9-11(15-8-13(18)4-7-16(15)19)10-20-14-5-2-12(17)3-6-14/h2-9H,10H2,1H3. The van der Waals surface area contributed by atoms with E-state index in [4.69, 9.17) is 16.3 Å². The van der Waals surface area contributed by atoms with Gasteiger partial charge in [0.05, 0.1) is 0 Å². The molecule has 2 aromatic carbocycles. The Bertz CT molecular complexity index is 749. The van der Waals surface area contributed by atoms with Gasteiger partial charge in [-0.15, -0.1) is 0 Å². The van der Waals surface area contributed by atoms with Crippen molar-refractivity contribution in [3.63, 3.8) is 0 Å². The summed E-state index contributed by atoms with van der Waals surface area (Å²) in [4.78, 5) is 0. The molecule has 1 heterocycles. The first-order valence-corrected chi connectivity index (χ1v) is 6.63. The van der Waals surface area contributed by atoms with E-state index < -0.39 is 0 Å². The second-order valence-electron chi connectivity index (χ2n) is 4.67. The smallest absolute Gasteiger partial charge is 0.123 e. The molecule has 0 spiro atoms. The molecule has 0 fully saturated rings. The van der Waals surface area contributed by atoms with E-state index in [2.05, 4.69) is 0 Å². The van der Waals surface area contributed by atoms with Crippen LogP contribution in [-0.4, -0.2) is 4.57 Å². The lowest BCUT2D eigenvalue weighted by Gasteiger charge is -2.05. The maximum absolute atomic E-state index is 13.4. The molecule has 20 heavy (non-hydrogen) atoms. The fraction of sp³-hybridized carbons (Fsp3) is 0.125.